The first-order valence-corrected chi connectivity index (χ1v) is 6.57. The van der Waals surface area contributed by atoms with Crippen LogP contribution >= 0.6 is 0 Å². The molecule has 0 amide bonds. The van der Waals surface area contributed by atoms with Gasteiger partial charge in [-0.2, -0.15) is 5.26 Å². The Labute approximate surface area is 108 Å². The molecule has 2 rings (SSSR count). The molecule has 2 aliphatic rings. The average Bonchev–Trinajstić information content (AvgIpc) is 2.78. The van der Waals surface area contributed by atoms with Gasteiger partial charge in [0.2, 0.25) is 5.96 Å². The SMILES string of the molecule is CC(O)CN1CCC(N2CCN=C2NC#N)CC1. The number of guanidine groups is 1. The zero-order valence-electron chi connectivity index (χ0n) is 10.8. The molecule has 6 heteroatoms. The van der Waals surface area contributed by atoms with Gasteiger partial charge >= 0.3 is 0 Å². The molecular weight excluding hydrogens is 230 g/mol. The van der Waals surface area contributed by atoms with Gasteiger partial charge in [0.15, 0.2) is 6.19 Å². The highest BCUT2D eigenvalue weighted by atomic mass is 16.3. The van der Waals surface area contributed by atoms with Crippen LogP contribution in [0, 0.1) is 11.5 Å². The zero-order valence-corrected chi connectivity index (χ0v) is 10.8. The number of nitrogens with one attached hydrogen (secondary N) is 1. The topological polar surface area (TPSA) is 74.9 Å². The minimum Gasteiger partial charge on any atom is -0.392 e. The molecule has 18 heavy (non-hydrogen) atoms. The number of aliphatic imine (C=N–C) groups is 1. The van der Waals surface area contributed by atoms with E-state index < -0.39 is 0 Å². The summed E-state index contributed by atoms with van der Waals surface area (Å²) in [7, 11) is 0. The fourth-order valence-corrected chi connectivity index (χ4v) is 2.76. The van der Waals surface area contributed by atoms with Crippen molar-refractivity contribution in [1.82, 2.24) is 15.1 Å². The van der Waals surface area contributed by atoms with Crippen molar-refractivity contribution in [3.05, 3.63) is 0 Å². The summed E-state index contributed by atoms with van der Waals surface area (Å²) in [6.07, 6.45) is 3.83. The Morgan fingerprint density at radius 3 is 2.83 bits per heavy atom. The van der Waals surface area contributed by atoms with E-state index in [9.17, 15) is 5.11 Å². The number of hydrogen-bond acceptors (Lipinski definition) is 6. The van der Waals surface area contributed by atoms with E-state index in [1.807, 2.05) is 13.1 Å². The second-order valence-electron chi connectivity index (χ2n) is 5.02. The summed E-state index contributed by atoms with van der Waals surface area (Å²) in [6.45, 7) is 6.28. The van der Waals surface area contributed by atoms with Crippen molar-refractivity contribution < 1.29 is 5.11 Å². The molecule has 0 radical (unpaired) electrons. The number of aliphatic hydroxyl groups excluding tert-OH is 1. The lowest BCUT2D eigenvalue weighted by Gasteiger charge is -2.37. The normalized spacial score (nSPS) is 23.6. The van der Waals surface area contributed by atoms with Gasteiger partial charge in [0.1, 0.15) is 0 Å². The first-order chi connectivity index (χ1) is 8.70. The van der Waals surface area contributed by atoms with Crippen molar-refractivity contribution in [2.75, 3.05) is 32.7 Å². The number of likely N-dealkylation sites (tertiary alicyclic amines) is 1. The Bertz CT molecular complexity index is 341. The van der Waals surface area contributed by atoms with E-state index in [1.54, 1.807) is 0 Å². The van der Waals surface area contributed by atoms with Crippen LogP contribution in [-0.4, -0.2) is 65.7 Å². The molecular formula is C12H21N5O. The molecule has 0 aliphatic carbocycles. The number of piperidine rings is 1. The Morgan fingerprint density at radius 1 is 1.50 bits per heavy atom. The lowest BCUT2D eigenvalue weighted by Crippen LogP contribution is -2.49. The van der Waals surface area contributed by atoms with Crippen LogP contribution in [-0.2, 0) is 0 Å². The van der Waals surface area contributed by atoms with Crippen molar-refractivity contribution in [1.29, 1.82) is 5.26 Å². The molecule has 1 unspecified atom stereocenters. The fourth-order valence-electron chi connectivity index (χ4n) is 2.76. The first kappa shape index (κ1) is 13.1. The van der Waals surface area contributed by atoms with Crippen LogP contribution in [0.3, 0.4) is 0 Å². The number of hydrogen-bond donors (Lipinski definition) is 2. The van der Waals surface area contributed by atoms with E-state index in [2.05, 4.69) is 20.1 Å². The smallest absolute Gasteiger partial charge is 0.207 e. The van der Waals surface area contributed by atoms with Crippen molar-refractivity contribution in [3.63, 3.8) is 0 Å². The van der Waals surface area contributed by atoms with Crippen molar-refractivity contribution in [2.24, 2.45) is 4.99 Å². The highest BCUT2D eigenvalue weighted by molar-refractivity contribution is 5.83. The van der Waals surface area contributed by atoms with Gasteiger partial charge in [-0.1, -0.05) is 0 Å². The van der Waals surface area contributed by atoms with Gasteiger partial charge in [-0.25, -0.2) is 0 Å². The van der Waals surface area contributed by atoms with Crippen LogP contribution in [0.15, 0.2) is 4.99 Å². The van der Waals surface area contributed by atoms with Crippen LogP contribution < -0.4 is 5.32 Å². The third-order valence-electron chi connectivity index (χ3n) is 3.56. The van der Waals surface area contributed by atoms with Crippen molar-refractivity contribution >= 4 is 5.96 Å². The number of rotatable bonds is 3. The van der Waals surface area contributed by atoms with Crippen molar-refractivity contribution in [2.45, 2.75) is 31.9 Å². The van der Waals surface area contributed by atoms with Gasteiger partial charge in [-0.15, -0.1) is 0 Å². The molecule has 0 saturated carbocycles. The zero-order chi connectivity index (χ0) is 13.0. The maximum absolute atomic E-state index is 9.38. The highest BCUT2D eigenvalue weighted by Gasteiger charge is 2.29. The molecule has 6 nitrogen and oxygen atoms in total. The number of aliphatic hydroxyl groups is 1. The standard InChI is InChI=1S/C12H21N5O/c1-10(18)8-16-5-2-11(3-6-16)17-7-4-14-12(17)15-9-13/h10-11,18H,2-8H2,1H3,(H,14,15). The summed E-state index contributed by atoms with van der Waals surface area (Å²) < 4.78 is 0. The van der Waals surface area contributed by atoms with Gasteiger partial charge in [0.25, 0.3) is 0 Å². The van der Waals surface area contributed by atoms with Crippen LogP contribution in [0.25, 0.3) is 0 Å². The highest BCUT2D eigenvalue weighted by Crippen LogP contribution is 2.18. The molecule has 0 spiro atoms. The average molecular weight is 251 g/mol. The Morgan fingerprint density at radius 2 is 2.22 bits per heavy atom. The summed E-state index contributed by atoms with van der Waals surface area (Å²) in [5.41, 5.74) is 0. The second-order valence-corrected chi connectivity index (χ2v) is 5.02. The summed E-state index contributed by atoms with van der Waals surface area (Å²) in [5, 5.41) is 20.7. The molecule has 2 heterocycles. The maximum Gasteiger partial charge on any atom is 0.207 e. The van der Waals surface area contributed by atoms with E-state index in [0.29, 0.717) is 6.04 Å². The molecule has 2 N–H and O–H groups in total. The maximum atomic E-state index is 9.38. The van der Waals surface area contributed by atoms with E-state index >= 15 is 0 Å². The number of nitrogens with zero attached hydrogens (tertiary/aromatic N) is 4. The number of β-amino-alcohol motifs (C(OH)–C–C–N with tert-alkyl or cyclic N) is 1. The summed E-state index contributed by atoms with van der Waals surface area (Å²) in [5.74, 6) is 0.728. The number of nitriles is 1. The molecule has 1 fully saturated rings. The lowest BCUT2D eigenvalue weighted by atomic mass is 10.0. The monoisotopic (exact) mass is 251 g/mol. The molecule has 0 aromatic carbocycles. The summed E-state index contributed by atoms with van der Waals surface area (Å²) in [4.78, 5) is 8.81. The van der Waals surface area contributed by atoms with Gasteiger partial charge in [-0.05, 0) is 19.8 Å². The molecule has 1 atom stereocenters. The molecule has 2 aliphatic heterocycles. The van der Waals surface area contributed by atoms with Crippen molar-refractivity contribution in [3.8, 4) is 6.19 Å². The first-order valence-electron chi connectivity index (χ1n) is 6.57. The van der Waals surface area contributed by atoms with Gasteiger partial charge < -0.3 is 14.9 Å². The summed E-state index contributed by atoms with van der Waals surface area (Å²) in [6, 6.07) is 0.470. The van der Waals surface area contributed by atoms with Crippen LogP contribution in [0.2, 0.25) is 0 Å². The Balaban J connectivity index is 1.83. The third kappa shape index (κ3) is 3.12. The van der Waals surface area contributed by atoms with Gasteiger partial charge in [0, 0.05) is 32.2 Å². The lowest BCUT2D eigenvalue weighted by molar-refractivity contribution is 0.0933. The molecule has 0 aromatic rings. The van der Waals surface area contributed by atoms with E-state index in [1.165, 1.54) is 0 Å². The van der Waals surface area contributed by atoms with Crippen LogP contribution in [0.4, 0.5) is 0 Å². The minimum absolute atomic E-state index is 0.259. The Kier molecular flexibility index (Phi) is 4.39. The van der Waals surface area contributed by atoms with E-state index in [-0.39, 0.29) is 6.10 Å². The minimum atomic E-state index is -0.259. The van der Waals surface area contributed by atoms with Gasteiger partial charge in [0.05, 0.1) is 12.6 Å². The predicted molar refractivity (Wildman–Crippen MR) is 68.9 cm³/mol. The van der Waals surface area contributed by atoms with Crippen LogP contribution in [0.5, 0.6) is 0 Å². The molecule has 0 bridgehead atoms. The quantitative estimate of drug-likeness (QED) is 0.526. The second kappa shape index (κ2) is 6.03. The largest absolute Gasteiger partial charge is 0.392 e. The van der Waals surface area contributed by atoms with Crippen LogP contribution in [0.1, 0.15) is 19.8 Å². The van der Waals surface area contributed by atoms with E-state index in [4.69, 9.17) is 5.26 Å². The summed E-state index contributed by atoms with van der Waals surface area (Å²) >= 11 is 0. The third-order valence-corrected chi connectivity index (χ3v) is 3.56. The molecule has 1 saturated heterocycles. The van der Waals surface area contributed by atoms with E-state index in [0.717, 1.165) is 51.5 Å². The fraction of sp³-hybridized carbons (Fsp3) is 0.833. The molecule has 100 valence electrons. The van der Waals surface area contributed by atoms with Gasteiger partial charge in [-0.3, -0.25) is 10.3 Å². The predicted octanol–water partition coefficient (Wildman–Crippen LogP) is -0.426. The molecule has 0 aromatic heterocycles. The Hall–Kier alpha value is -1.32.